The van der Waals surface area contributed by atoms with E-state index in [9.17, 15) is 0 Å². The van der Waals surface area contributed by atoms with Gasteiger partial charge in [0.2, 0.25) is 6.29 Å². The predicted octanol–water partition coefficient (Wildman–Crippen LogP) is 2.35. The van der Waals surface area contributed by atoms with Crippen molar-refractivity contribution in [2.75, 3.05) is 0 Å². The quantitative estimate of drug-likeness (QED) is 0.318. The van der Waals surface area contributed by atoms with Gasteiger partial charge in [0.1, 0.15) is 5.75 Å². The van der Waals surface area contributed by atoms with Crippen LogP contribution in [-0.4, -0.2) is 44.3 Å². The average Bonchev–Trinajstić information content (AvgIpc) is 2.28. The fourth-order valence-electron chi connectivity index (χ4n) is 0.712. The summed E-state index contributed by atoms with van der Waals surface area (Å²) in [6.07, 6.45) is -4.29. The Morgan fingerprint density at radius 2 is 1.37 bits per heavy atom. The first-order valence-electron chi connectivity index (χ1n) is 4.65. The normalized spacial score (nSPS) is 9.79. The number of benzene rings is 1. The lowest BCUT2D eigenvalue weighted by molar-refractivity contribution is -0.319. The van der Waals surface area contributed by atoms with Crippen LogP contribution < -0.4 is 4.74 Å². The largest absolute Gasteiger partial charge is 0.503 e. The molecule has 0 aromatic heterocycles. The van der Waals surface area contributed by atoms with Crippen LogP contribution in [-0.2, 0) is 4.89 Å². The number of hydrogen-bond acceptors (Lipinski definition) is 5. The van der Waals surface area contributed by atoms with Gasteiger partial charge in [-0.1, -0.05) is 18.2 Å². The first kappa shape index (κ1) is 18.8. The van der Waals surface area contributed by atoms with Gasteiger partial charge in [0.15, 0.2) is 0 Å². The Kier molecular flexibility index (Phi) is 11.8. The summed E-state index contributed by atoms with van der Waals surface area (Å²) in [5.74, 6) is 0.675. The molecule has 108 valence electrons. The lowest BCUT2D eigenvalue weighted by Gasteiger charge is -2.09. The van der Waals surface area contributed by atoms with Gasteiger partial charge >= 0.3 is 12.3 Å². The molecule has 0 spiro atoms. The van der Waals surface area contributed by atoms with Crippen molar-refractivity contribution >= 4 is 12.3 Å². The highest BCUT2D eigenvalue weighted by molar-refractivity contribution is 5.53. The van der Waals surface area contributed by atoms with Gasteiger partial charge < -0.3 is 25.2 Å². The maximum atomic E-state index is 8.56. The molecule has 0 saturated heterocycles. The van der Waals surface area contributed by atoms with Gasteiger partial charge in [-0.05, 0) is 12.1 Å². The SMILES string of the molecule is CC(OO)Oc1ccccc1.O=C(O)O.O=C(O)O. The number of hydrogen-bond donors (Lipinski definition) is 5. The minimum Gasteiger partial charge on any atom is -0.462 e. The van der Waals surface area contributed by atoms with Crippen molar-refractivity contribution < 1.29 is 44.9 Å². The van der Waals surface area contributed by atoms with Gasteiger partial charge in [0, 0.05) is 6.92 Å². The van der Waals surface area contributed by atoms with Crippen molar-refractivity contribution in [3.8, 4) is 5.75 Å². The van der Waals surface area contributed by atoms with Crippen LogP contribution in [0.25, 0.3) is 0 Å². The third-order valence-corrected chi connectivity index (χ3v) is 1.19. The Morgan fingerprint density at radius 1 is 1.00 bits per heavy atom. The van der Waals surface area contributed by atoms with Gasteiger partial charge in [0.05, 0.1) is 0 Å². The van der Waals surface area contributed by atoms with Crippen molar-refractivity contribution in [2.24, 2.45) is 0 Å². The molecule has 1 aromatic rings. The number of carbonyl (C=O) groups is 2. The maximum absolute atomic E-state index is 8.56. The third kappa shape index (κ3) is 21.3. The number of rotatable bonds is 3. The Bertz CT molecular complexity index is 331. The summed E-state index contributed by atoms with van der Waals surface area (Å²) in [6, 6.07) is 9.15. The summed E-state index contributed by atoms with van der Waals surface area (Å²) >= 11 is 0. The van der Waals surface area contributed by atoms with Gasteiger partial charge in [0.25, 0.3) is 0 Å². The summed E-state index contributed by atoms with van der Waals surface area (Å²) < 4.78 is 5.09. The summed E-state index contributed by atoms with van der Waals surface area (Å²) in [6.45, 7) is 1.60. The number of ether oxygens (including phenoxy) is 1. The highest BCUT2D eigenvalue weighted by Gasteiger charge is 2.00. The van der Waals surface area contributed by atoms with Crippen molar-refractivity contribution in [2.45, 2.75) is 13.2 Å². The van der Waals surface area contributed by atoms with Crippen LogP contribution in [0.15, 0.2) is 30.3 Å². The van der Waals surface area contributed by atoms with Crippen LogP contribution in [0.5, 0.6) is 5.75 Å². The van der Waals surface area contributed by atoms with E-state index in [4.69, 9.17) is 40.0 Å². The molecule has 0 heterocycles. The molecule has 1 rings (SSSR count). The molecule has 9 heteroatoms. The minimum atomic E-state index is -1.83. The smallest absolute Gasteiger partial charge is 0.462 e. The number of para-hydroxylation sites is 1. The van der Waals surface area contributed by atoms with E-state index in [0.29, 0.717) is 5.75 Å². The maximum Gasteiger partial charge on any atom is 0.503 e. The van der Waals surface area contributed by atoms with E-state index in [-0.39, 0.29) is 0 Å². The summed E-state index contributed by atoms with van der Waals surface area (Å²) in [4.78, 5) is 21.0. The van der Waals surface area contributed by atoms with Gasteiger partial charge in [-0.3, -0.25) is 0 Å². The van der Waals surface area contributed by atoms with Crippen molar-refractivity contribution in [3.05, 3.63) is 30.3 Å². The molecule has 1 aromatic carbocycles. The average molecular weight is 278 g/mol. The van der Waals surface area contributed by atoms with Crippen LogP contribution >= 0.6 is 0 Å². The summed E-state index contributed by atoms with van der Waals surface area (Å²) in [7, 11) is 0. The lowest BCUT2D eigenvalue weighted by Crippen LogP contribution is -2.13. The van der Waals surface area contributed by atoms with Crippen LogP contribution in [0.3, 0.4) is 0 Å². The molecular formula is C10H14O9. The molecule has 0 bridgehead atoms. The molecular weight excluding hydrogens is 264 g/mol. The second-order valence-corrected chi connectivity index (χ2v) is 2.67. The zero-order chi connectivity index (χ0) is 15.3. The van der Waals surface area contributed by atoms with E-state index in [1.165, 1.54) is 0 Å². The van der Waals surface area contributed by atoms with Crippen LogP contribution in [0.4, 0.5) is 9.59 Å². The van der Waals surface area contributed by atoms with Crippen LogP contribution in [0.1, 0.15) is 6.92 Å². The first-order valence-corrected chi connectivity index (χ1v) is 4.65. The third-order valence-electron chi connectivity index (χ3n) is 1.19. The van der Waals surface area contributed by atoms with E-state index in [0.717, 1.165) is 0 Å². The summed E-state index contributed by atoms with van der Waals surface area (Å²) in [5.41, 5.74) is 0. The second kappa shape index (κ2) is 12.0. The Morgan fingerprint density at radius 3 is 1.68 bits per heavy atom. The molecule has 1 atom stereocenters. The Hall–Kier alpha value is -2.52. The molecule has 0 aliphatic carbocycles. The van der Waals surface area contributed by atoms with Crippen LogP contribution in [0.2, 0.25) is 0 Å². The summed E-state index contributed by atoms with van der Waals surface area (Å²) in [5, 5.41) is 36.1. The molecule has 0 aliphatic heterocycles. The predicted molar refractivity (Wildman–Crippen MR) is 61.6 cm³/mol. The lowest BCUT2D eigenvalue weighted by atomic mass is 10.3. The Balaban J connectivity index is 0. The highest BCUT2D eigenvalue weighted by Crippen LogP contribution is 2.10. The Labute approximate surface area is 107 Å². The second-order valence-electron chi connectivity index (χ2n) is 2.67. The first-order chi connectivity index (χ1) is 8.79. The van der Waals surface area contributed by atoms with Crippen molar-refractivity contribution in [1.82, 2.24) is 0 Å². The minimum absolute atomic E-state index is 0.627. The molecule has 5 N–H and O–H groups in total. The van der Waals surface area contributed by atoms with E-state index in [1.54, 1.807) is 19.1 Å². The van der Waals surface area contributed by atoms with E-state index in [1.807, 2.05) is 18.2 Å². The van der Waals surface area contributed by atoms with Gasteiger partial charge in [-0.15, -0.1) is 0 Å². The molecule has 0 fully saturated rings. The van der Waals surface area contributed by atoms with Gasteiger partial charge in [-0.2, -0.15) is 4.89 Å². The zero-order valence-electron chi connectivity index (χ0n) is 9.83. The molecule has 0 aliphatic rings. The van der Waals surface area contributed by atoms with Crippen LogP contribution in [0, 0.1) is 0 Å². The number of carboxylic acid groups (broad SMARTS) is 4. The standard InChI is InChI=1S/C8H10O3.2CH2O3/c1-7(11-9)10-8-5-3-2-4-6-8;2*2-1(3)4/h2-7,9H,1H3;2*(H2,2,3,4). The van der Waals surface area contributed by atoms with E-state index >= 15 is 0 Å². The fourth-order valence-corrected chi connectivity index (χ4v) is 0.712. The molecule has 0 saturated carbocycles. The topological polar surface area (TPSA) is 154 Å². The van der Waals surface area contributed by atoms with E-state index in [2.05, 4.69) is 4.89 Å². The fraction of sp³-hybridized carbons (Fsp3) is 0.200. The van der Waals surface area contributed by atoms with Gasteiger partial charge in [-0.25, -0.2) is 14.8 Å². The monoisotopic (exact) mass is 278 g/mol. The molecule has 1 unspecified atom stereocenters. The molecule has 0 amide bonds. The van der Waals surface area contributed by atoms with E-state index < -0.39 is 18.6 Å². The van der Waals surface area contributed by atoms with Crippen molar-refractivity contribution in [1.29, 1.82) is 0 Å². The zero-order valence-corrected chi connectivity index (χ0v) is 9.83. The molecule has 19 heavy (non-hydrogen) atoms. The molecule has 0 radical (unpaired) electrons. The highest BCUT2D eigenvalue weighted by atomic mass is 17.1. The van der Waals surface area contributed by atoms with Crippen molar-refractivity contribution in [3.63, 3.8) is 0 Å². The molecule has 9 nitrogen and oxygen atoms in total.